The Bertz CT molecular complexity index is 966. The van der Waals surface area contributed by atoms with Gasteiger partial charge in [0.2, 0.25) is 0 Å². The summed E-state index contributed by atoms with van der Waals surface area (Å²) in [5, 5.41) is 5.72. The molecule has 0 radical (unpaired) electrons. The van der Waals surface area contributed by atoms with Crippen molar-refractivity contribution in [2.45, 2.75) is 13.5 Å². The van der Waals surface area contributed by atoms with Gasteiger partial charge in [-0.2, -0.15) is 5.10 Å². The normalized spacial score (nSPS) is 15.2. The molecular weight excluding hydrogens is 398 g/mol. The van der Waals surface area contributed by atoms with Crippen LogP contribution >= 0.6 is 22.9 Å². The minimum absolute atomic E-state index is 0.134. The minimum atomic E-state index is -0.134. The first kappa shape index (κ1) is 19.3. The van der Waals surface area contributed by atoms with Crippen LogP contribution in [0.4, 0.5) is 5.13 Å². The number of benzene rings is 1. The molecule has 1 amide bonds. The summed E-state index contributed by atoms with van der Waals surface area (Å²) < 4.78 is 8.14. The first-order chi connectivity index (χ1) is 13.6. The highest BCUT2D eigenvalue weighted by atomic mass is 35.5. The third-order valence-corrected chi connectivity index (χ3v) is 6.02. The third-order valence-electron chi connectivity index (χ3n) is 4.74. The molecule has 3 heterocycles. The van der Waals surface area contributed by atoms with Crippen molar-refractivity contribution in [1.29, 1.82) is 0 Å². The van der Waals surface area contributed by atoms with Gasteiger partial charge in [-0.3, -0.25) is 19.3 Å². The van der Waals surface area contributed by atoms with Crippen molar-refractivity contribution in [2.75, 3.05) is 44.3 Å². The van der Waals surface area contributed by atoms with Gasteiger partial charge in [0, 0.05) is 43.9 Å². The Morgan fingerprint density at radius 1 is 1.32 bits per heavy atom. The Hall–Kier alpha value is -2.00. The van der Waals surface area contributed by atoms with E-state index in [4.69, 9.17) is 16.3 Å². The van der Waals surface area contributed by atoms with E-state index in [1.54, 1.807) is 15.6 Å². The monoisotopic (exact) mass is 419 g/mol. The Kier molecular flexibility index (Phi) is 5.91. The van der Waals surface area contributed by atoms with Gasteiger partial charge in [-0.05, 0) is 31.2 Å². The number of aryl methyl sites for hydroxylation is 1. The molecule has 1 saturated heterocycles. The van der Waals surface area contributed by atoms with Crippen LogP contribution in [0.1, 0.15) is 17.4 Å². The van der Waals surface area contributed by atoms with E-state index in [1.807, 2.05) is 31.3 Å². The second-order valence-electron chi connectivity index (χ2n) is 6.58. The fourth-order valence-electron chi connectivity index (χ4n) is 3.14. The summed E-state index contributed by atoms with van der Waals surface area (Å²) in [6.07, 6.45) is 1.82. The standard InChI is InChI=1S/C19H22ClN5O2S/c1-2-24-6-5-16(22-24)18(26)25(8-7-23-9-11-27-12-10-23)19-21-15-4-3-14(20)13-17(15)28-19/h3-6,13H,2,7-12H2,1H3. The largest absolute Gasteiger partial charge is 0.379 e. The first-order valence-electron chi connectivity index (χ1n) is 9.35. The Morgan fingerprint density at radius 3 is 2.89 bits per heavy atom. The number of carbonyl (C=O) groups is 1. The topological polar surface area (TPSA) is 63.5 Å². The maximum Gasteiger partial charge on any atom is 0.280 e. The van der Waals surface area contributed by atoms with E-state index in [1.165, 1.54) is 11.3 Å². The first-order valence-corrected chi connectivity index (χ1v) is 10.5. The van der Waals surface area contributed by atoms with Crippen LogP contribution in [-0.2, 0) is 11.3 Å². The number of hydrogen-bond donors (Lipinski definition) is 0. The number of rotatable bonds is 6. The van der Waals surface area contributed by atoms with Crippen LogP contribution in [0.5, 0.6) is 0 Å². The van der Waals surface area contributed by atoms with E-state index in [0.717, 1.165) is 49.6 Å². The molecule has 2 aromatic heterocycles. The lowest BCUT2D eigenvalue weighted by molar-refractivity contribution is 0.0391. The van der Waals surface area contributed by atoms with Crippen LogP contribution < -0.4 is 4.90 Å². The minimum Gasteiger partial charge on any atom is -0.379 e. The molecule has 1 aliphatic heterocycles. The molecule has 148 valence electrons. The number of morpholine rings is 1. The van der Waals surface area contributed by atoms with Gasteiger partial charge in [0.1, 0.15) is 0 Å². The highest BCUT2D eigenvalue weighted by Crippen LogP contribution is 2.31. The molecule has 9 heteroatoms. The molecule has 1 fully saturated rings. The van der Waals surface area contributed by atoms with E-state index in [9.17, 15) is 4.79 Å². The lowest BCUT2D eigenvalue weighted by Gasteiger charge is -2.29. The number of hydrogen-bond acceptors (Lipinski definition) is 6. The Morgan fingerprint density at radius 2 is 2.14 bits per heavy atom. The van der Waals surface area contributed by atoms with E-state index < -0.39 is 0 Å². The maximum atomic E-state index is 13.2. The van der Waals surface area contributed by atoms with Gasteiger partial charge in [-0.1, -0.05) is 22.9 Å². The zero-order valence-electron chi connectivity index (χ0n) is 15.7. The number of aromatic nitrogens is 3. The predicted molar refractivity (Wildman–Crippen MR) is 111 cm³/mol. The fourth-order valence-corrected chi connectivity index (χ4v) is 4.41. The molecule has 0 saturated carbocycles. The van der Waals surface area contributed by atoms with Crippen LogP contribution in [0.2, 0.25) is 5.02 Å². The quantitative estimate of drug-likeness (QED) is 0.614. The number of nitrogens with zero attached hydrogens (tertiary/aromatic N) is 5. The zero-order chi connectivity index (χ0) is 19.5. The smallest absolute Gasteiger partial charge is 0.280 e. The molecule has 0 spiro atoms. The predicted octanol–water partition coefficient (Wildman–Crippen LogP) is 3.15. The molecule has 0 aliphatic carbocycles. The number of fused-ring (bicyclic) bond motifs is 1. The average Bonchev–Trinajstić information content (AvgIpc) is 3.35. The third kappa shape index (κ3) is 4.20. The number of halogens is 1. The van der Waals surface area contributed by atoms with E-state index >= 15 is 0 Å². The average molecular weight is 420 g/mol. The van der Waals surface area contributed by atoms with Gasteiger partial charge in [0.25, 0.3) is 5.91 Å². The maximum absolute atomic E-state index is 13.2. The second kappa shape index (κ2) is 8.57. The van der Waals surface area contributed by atoms with Crippen molar-refractivity contribution in [2.24, 2.45) is 0 Å². The van der Waals surface area contributed by atoms with Crippen LogP contribution in [0.3, 0.4) is 0 Å². The second-order valence-corrected chi connectivity index (χ2v) is 8.02. The summed E-state index contributed by atoms with van der Waals surface area (Å²) in [5.74, 6) is -0.134. The van der Waals surface area contributed by atoms with Crippen LogP contribution in [-0.4, -0.2) is 65.0 Å². The van der Waals surface area contributed by atoms with Crippen molar-refractivity contribution in [3.63, 3.8) is 0 Å². The molecule has 7 nitrogen and oxygen atoms in total. The number of thiazole rings is 1. The van der Waals surface area contributed by atoms with Crippen molar-refractivity contribution >= 4 is 44.2 Å². The summed E-state index contributed by atoms with van der Waals surface area (Å²) in [6.45, 7) is 7.24. The van der Waals surface area contributed by atoms with E-state index in [0.29, 0.717) is 22.4 Å². The number of carbonyl (C=O) groups excluding carboxylic acids is 1. The summed E-state index contributed by atoms with van der Waals surface area (Å²) in [6, 6.07) is 7.34. The molecule has 28 heavy (non-hydrogen) atoms. The van der Waals surface area contributed by atoms with Crippen molar-refractivity contribution in [1.82, 2.24) is 19.7 Å². The summed E-state index contributed by atoms with van der Waals surface area (Å²) in [4.78, 5) is 22.0. The lowest BCUT2D eigenvalue weighted by atomic mass is 10.3. The molecule has 0 bridgehead atoms. The van der Waals surface area contributed by atoms with Gasteiger partial charge in [0.05, 0.1) is 23.4 Å². The molecule has 0 N–H and O–H groups in total. The number of amides is 1. The fraction of sp³-hybridized carbons (Fsp3) is 0.421. The molecule has 3 aromatic rings. The zero-order valence-corrected chi connectivity index (χ0v) is 17.2. The molecule has 4 rings (SSSR count). The van der Waals surface area contributed by atoms with E-state index in [2.05, 4.69) is 15.0 Å². The summed E-state index contributed by atoms with van der Waals surface area (Å²) >= 11 is 7.59. The molecule has 1 aromatic carbocycles. The lowest BCUT2D eigenvalue weighted by Crippen LogP contribution is -2.43. The van der Waals surface area contributed by atoms with Crippen LogP contribution in [0.15, 0.2) is 30.5 Å². The molecular formula is C19H22ClN5O2S. The van der Waals surface area contributed by atoms with Gasteiger partial charge in [-0.25, -0.2) is 4.98 Å². The van der Waals surface area contributed by atoms with E-state index in [-0.39, 0.29) is 5.91 Å². The summed E-state index contributed by atoms with van der Waals surface area (Å²) in [5.41, 5.74) is 1.27. The Labute approximate surface area is 172 Å². The van der Waals surface area contributed by atoms with Crippen molar-refractivity contribution in [3.8, 4) is 0 Å². The van der Waals surface area contributed by atoms with Crippen LogP contribution in [0.25, 0.3) is 10.2 Å². The van der Waals surface area contributed by atoms with Gasteiger partial charge in [-0.15, -0.1) is 0 Å². The Balaban J connectivity index is 1.61. The van der Waals surface area contributed by atoms with Crippen molar-refractivity contribution < 1.29 is 9.53 Å². The summed E-state index contributed by atoms with van der Waals surface area (Å²) in [7, 11) is 0. The van der Waals surface area contributed by atoms with Gasteiger partial charge in [0.15, 0.2) is 10.8 Å². The van der Waals surface area contributed by atoms with Gasteiger partial charge >= 0.3 is 0 Å². The number of ether oxygens (including phenoxy) is 1. The van der Waals surface area contributed by atoms with Crippen LogP contribution in [0, 0.1) is 0 Å². The number of anilines is 1. The highest BCUT2D eigenvalue weighted by Gasteiger charge is 2.24. The molecule has 0 atom stereocenters. The highest BCUT2D eigenvalue weighted by molar-refractivity contribution is 7.22. The SMILES string of the molecule is CCn1ccc(C(=O)N(CCN2CCOCC2)c2nc3ccc(Cl)cc3s2)n1. The van der Waals surface area contributed by atoms with Crippen molar-refractivity contribution in [3.05, 3.63) is 41.2 Å². The van der Waals surface area contributed by atoms with Gasteiger partial charge < -0.3 is 4.74 Å². The molecule has 0 unspecified atom stereocenters. The molecule has 1 aliphatic rings.